The molecular weight excluding hydrogens is 214 g/mol. The van der Waals surface area contributed by atoms with Crippen LogP contribution in [0.3, 0.4) is 0 Å². The van der Waals surface area contributed by atoms with Crippen molar-refractivity contribution < 1.29 is 9.90 Å². The highest BCUT2D eigenvalue weighted by Gasteiger charge is 2.14. The molecule has 1 aromatic carbocycles. The fraction of sp³-hybridized carbons (Fsp3) is 0.500. The average Bonchev–Trinajstić information content (AvgIpc) is 2.52. The largest absolute Gasteiger partial charge is 0.481 e. The van der Waals surface area contributed by atoms with Crippen molar-refractivity contribution in [1.29, 1.82) is 0 Å². The van der Waals surface area contributed by atoms with Gasteiger partial charge in [0.15, 0.2) is 0 Å². The molecule has 0 bridgehead atoms. The van der Waals surface area contributed by atoms with E-state index in [-0.39, 0.29) is 6.42 Å². The Balaban J connectivity index is 2.04. The number of benzene rings is 1. The topological polar surface area (TPSA) is 40.5 Å². The summed E-state index contributed by atoms with van der Waals surface area (Å²) in [6.45, 7) is 1.90. The number of carboxylic acids is 1. The van der Waals surface area contributed by atoms with Crippen molar-refractivity contribution in [1.82, 2.24) is 0 Å². The molecule has 1 aromatic rings. The first kappa shape index (κ1) is 12.0. The summed E-state index contributed by atoms with van der Waals surface area (Å²) in [4.78, 5) is 12.9. The normalized spacial score (nSPS) is 15.2. The third-order valence-electron chi connectivity index (χ3n) is 3.28. The number of carbonyl (C=O) groups is 1. The van der Waals surface area contributed by atoms with Crippen LogP contribution in [0.2, 0.25) is 0 Å². The molecule has 0 atom stereocenters. The summed E-state index contributed by atoms with van der Waals surface area (Å²) >= 11 is 0. The predicted octanol–water partition coefficient (Wildman–Crippen LogP) is 2.69. The van der Waals surface area contributed by atoms with Crippen molar-refractivity contribution in [3.8, 4) is 0 Å². The van der Waals surface area contributed by atoms with Crippen molar-refractivity contribution in [2.45, 2.75) is 32.1 Å². The van der Waals surface area contributed by atoms with Gasteiger partial charge in [-0.25, -0.2) is 0 Å². The first-order chi connectivity index (χ1) is 8.27. The van der Waals surface area contributed by atoms with Crippen molar-refractivity contribution in [3.05, 3.63) is 29.8 Å². The molecule has 3 heteroatoms. The van der Waals surface area contributed by atoms with E-state index in [2.05, 4.69) is 29.2 Å². The Kier molecular flexibility index (Phi) is 4.02. The van der Waals surface area contributed by atoms with Gasteiger partial charge in [-0.2, -0.15) is 0 Å². The molecule has 1 aliphatic heterocycles. The fourth-order valence-corrected chi connectivity index (χ4v) is 2.42. The van der Waals surface area contributed by atoms with Gasteiger partial charge < -0.3 is 10.0 Å². The van der Waals surface area contributed by atoms with E-state index in [1.165, 1.54) is 24.1 Å². The zero-order chi connectivity index (χ0) is 12.1. The number of nitrogens with zero attached hydrogens (tertiary/aromatic N) is 1. The molecule has 92 valence electrons. The zero-order valence-electron chi connectivity index (χ0n) is 10.1. The van der Waals surface area contributed by atoms with Crippen molar-refractivity contribution >= 4 is 11.7 Å². The first-order valence-electron chi connectivity index (χ1n) is 6.32. The van der Waals surface area contributed by atoms with Crippen LogP contribution >= 0.6 is 0 Å². The van der Waals surface area contributed by atoms with E-state index < -0.39 is 5.97 Å². The van der Waals surface area contributed by atoms with Gasteiger partial charge in [-0.15, -0.1) is 0 Å². The lowest BCUT2D eigenvalue weighted by molar-refractivity contribution is -0.137. The Morgan fingerprint density at radius 1 is 1.29 bits per heavy atom. The van der Waals surface area contributed by atoms with Crippen LogP contribution in [0.4, 0.5) is 5.69 Å². The van der Waals surface area contributed by atoms with Crippen LogP contribution in [0, 0.1) is 0 Å². The minimum Gasteiger partial charge on any atom is -0.481 e. The Hall–Kier alpha value is -1.51. The second kappa shape index (κ2) is 5.71. The predicted molar refractivity (Wildman–Crippen MR) is 68.5 cm³/mol. The molecule has 0 unspecified atom stereocenters. The third-order valence-corrected chi connectivity index (χ3v) is 3.28. The maximum absolute atomic E-state index is 10.5. The molecular formula is C14H19NO2. The number of carboxylic acid groups (broad SMARTS) is 1. The summed E-state index contributed by atoms with van der Waals surface area (Å²) in [7, 11) is 0. The van der Waals surface area contributed by atoms with E-state index in [1.54, 1.807) is 0 Å². The van der Waals surface area contributed by atoms with Crippen LogP contribution in [0.1, 0.15) is 31.2 Å². The van der Waals surface area contributed by atoms with Gasteiger partial charge in [0.25, 0.3) is 0 Å². The Labute approximate surface area is 102 Å². The maximum atomic E-state index is 10.5. The van der Waals surface area contributed by atoms with Gasteiger partial charge in [0.1, 0.15) is 0 Å². The van der Waals surface area contributed by atoms with Crippen LogP contribution in [0.5, 0.6) is 0 Å². The molecule has 0 amide bonds. The molecule has 1 aliphatic rings. The molecule has 0 aliphatic carbocycles. The number of fused-ring (bicyclic) bond motifs is 1. The van der Waals surface area contributed by atoms with Crippen LogP contribution in [0.15, 0.2) is 24.3 Å². The summed E-state index contributed by atoms with van der Waals surface area (Å²) in [5.74, 6) is -0.701. The molecule has 17 heavy (non-hydrogen) atoms. The molecule has 0 saturated carbocycles. The van der Waals surface area contributed by atoms with Gasteiger partial charge in [0.05, 0.1) is 0 Å². The third kappa shape index (κ3) is 3.22. The van der Waals surface area contributed by atoms with Crippen LogP contribution in [0.25, 0.3) is 0 Å². The van der Waals surface area contributed by atoms with Crippen LogP contribution < -0.4 is 4.90 Å². The molecule has 0 radical (unpaired) electrons. The number of aryl methyl sites for hydroxylation is 1. The van der Waals surface area contributed by atoms with Gasteiger partial charge in [-0.05, 0) is 37.3 Å². The van der Waals surface area contributed by atoms with Gasteiger partial charge in [-0.3, -0.25) is 4.79 Å². The van der Waals surface area contributed by atoms with Crippen LogP contribution in [-0.2, 0) is 11.2 Å². The van der Waals surface area contributed by atoms with E-state index in [1.807, 2.05) is 0 Å². The lowest BCUT2D eigenvalue weighted by Gasteiger charge is -2.24. The fourth-order valence-electron chi connectivity index (χ4n) is 2.42. The monoisotopic (exact) mass is 233 g/mol. The molecule has 0 saturated heterocycles. The van der Waals surface area contributed by atoms with E-state index in [0.717, 1.165) is 25.9 Å². The van der Waals surface area contributed by atoms with Gasteiger partial charge >= 0.3 is 5.97 Å². The van der Waals surface area contributed by atoms with Gasteiger partial charge in [0.2, 0.25) is 0 Å². The number of hydrogen-bond acceptors (Lipinski definition) is 2. The second-order valence-electron chi connectivity index (χ2n) is 4.57. The summed E-state index contributed by atoms with van der Waals surface area (Å²) in [6.07, 6.45) is 4.56. The molecule has 1 N–H and O–H groups in total. The minimum atomic E-state index is -0.701. The smallest absolute Gasteiger partial charge is 0.303 e. The zero-order valence-corrected chi connectivity index (χ0v) is 10.1. The van der Waals surface area contributed by atoms with Crippen molar-refractivity contribution in [2.24, 2.45) is 0 Å². The summed E-state index contributed by atoms with van der Waals surface area (Å²) in [5.41, 5.74) is 2.70. The number of hydrogen-bond donors (Lipinski definition) is 1. The highest BCUT2D eigenvalue weighted by molar-refractivity contribution is 5.66. The quantitative estimate of drug-likeness (QED) is 0.869. The standard InChI is InChI=1S/C14H19NO2/c16-14(17)9-5-11-15-10-4-3-7-12-6-1-2-8-13(12)15/h1-2,6,8H,3-5,7,9-11H2,(H,16,17). The summed E-state index contributed by atoms with van der Waals surface area (Å²) in [5, 5.41) is 8.68. The first-order valence-corrected chi connectivity index (χ1v) is 6.32. The van der Waals surface area contributed by atoms with Gasteiger partial charge in [-0.1, -0.05) is 18.2 Å². The lowest BCUT2D eigenvalue weighted by Crippen LogP contribution is -2.25. The van der Waals surface area contributed by atoms with Crippen molar-refractivity contribution in [2.75, 3.05) is 18.0 Å². The van der Waals surface area contributed by atoms with E-state index in [9.17, 15) is 4.79 Å². The number of rotatable bonds is 4. The molecule has 1 heterocycles. The van der Waals surface area contributed by atoms with E-state index >= 15 is 0 Å². The molecule has 0 spiro atoms. The Bertz CT molecular complexity index is 390. The summed E-state index contributed by atoms with van der Waals surface area (Å²) in [6, 6.07) is 8.49. The number of aliphatic carboxylic acids is 1. The SMILES string of the molecule is O=C(O)CCCN1CCCCc2ccccc21. The Morgan fingerprint density at radius 3 is 2.94 bits per heavy atom. The average molecular weight is 233 g/mol. The van der Waals surface area contributed by atoms with Crippen LogP contribution in [-0.4, -0.2) is 24.2 Å². The second-order valence-corrected chi connectivity index (χ2v) is 4.57. The molecule has 3 nitrogen and oxygen atoms in total. The Morgan fingerprint density at radius 2 is 2.12 bits per heavy atom. The van der Waals surface area contributed by atoms with Gasteiger partial charge in [0, 0.05) is 25.2 Å². The van der Waals surface area contributed by atoms with Crippen molar-refractivity contribution in [3.63, 3.8) is 0 Å². The highest BCUT2D eigenvalue weighted by atomic mass is 16.4. The molecule has 0 aromatic heterocycles. The molecule has 2 rings (SSSR count). The highest BCUT2D eigenvalue weighted by Crippen LogP contribution is 2.26. The maximum Gasteiger partial charge on any atom is 0.303 e. The number of anilines is 1. The van der Waals surface area contributed by atoms with E-state index in [0.29, 0.717) is 0 Å². The van der Waals surface area contributed by atoms with E-state index in [4.69, 9.17) is 5.11 Å². The minimum absolute atomic E-state index is 0.263. The number of para-hydroxylation sites is 1. The molecule has 0 fully saturated rings. The lowest BCUT2D eigenvalue weighted by atomic mass is 10.1. The summed E-state index contributed by atoms with van der Waals surface area (Å²) < 4.78 is 0.